The molecule has 280 valence electrons. The minimum atomic E-state index is -1.12. The molecule has 0 aromatic carbocycles. The van der Waals surface area contributed by atoms with E-state index < -0.39 is 35.7 Å². The second-order valence-corrected chi connectivity index (χ2v) is 8.77. The van der Waals surface area contributed by atoms with Gasteiger partial charge in [-0.05, 0) is 33.4 Å². The summed E-state index contributed by atoms with van der Waals surface area (Å²) in [6.45, 7) is 0. The van der Waals surface area contributed by atoms with Gasteiger partial charge in [-0.1, -0.05) is 146 Å². The fraction of sp³-hybridized carbons (Fsp3) is 0. The van der Waals surface area contributed by atoms with Crippen LogP contribution < -0.4 is 61.3 Å². The fourth-order valence-electron chi connectivity index (χ4n) is 3.06. The Balaban J connectivity index is -0.000000171. The van der Waals surface area contributed by atoms with Gasteiger partial charge in [-0.2, -0.15) is 35.7 Å². The summed E-state index contributed by atoms with van der Waals surface area (Å²) in [5, 5.41) is 119. The third-order valence-electron chi connectivity index (χ3n) is 5.39. The topological polar surface area (TPSA) is 277 Å². The zero-order chi connectivity index (χ0) is 35.9. The monoisotopic (exact) mass is 1130 g/mol. The van der Waals surface area contributed by atoms with Crippen LogP contribution in [0.1, 0.15) is 0 Å². The van der Waals surface area contributed by atoms with Gasteiger partial charge in [0.1, 0.15) is 0 Å². The van der Waals surface area contributed by atoms with Crippen molar-refractivity contribution in [1.29, 1.82) is 0 Å². The van der Waals surface area contributed by atoms with Crippen LogP contribution in [0.2, 0.25) is 0 Å². The summed E-state index contributed by atoms with van der Waals surface area (Å²) >= 11 is 0. The summed E-state index contributed by atoms with van der Waals surface area (Å²) < 4.78 is 0. The summed E-state index contributed by atoms with van der Waals surface area (Å²) in [5.74, 6) is -6.69. The van der Waals surface area contributed by atoms with Crippen LogP contribution in [-0.2, 0) is 51.2 Å². The summed E-state index contributed by atoms with van der Waals surface area (Å²) in [4.78, 5) is 0. The van der Waals surface area contributed by atoms with Crippen LogP contribution in [0.15, 0.2) is 215 Å². The van der Waals surface area contributed by atoms with Crippen molar-refractivity contribution in [3.63, 3.8) is 0 Å². The van der Waals surface area contributed by atoms with Crippen LogP contribution in [-0.4, -0.2) is 0 Å². The molecule has 0 aliphatic heterocycles. The second-order valence-electron chi connectivity index (χ2n) is 8.77. The number of rotatable bonds is 0. The molecular weight excluding hydrogens is 1110 g/mol. The molecule has 0 aromatic rings. The molecule has 12 nitrogen and oxygen atoms in total. The molecule has 0 saturated heterocycles. The second kappa shape index (κ2) is 34.9. The predicted molar refractivity (Wildman–Crippen MR) is 152 cm³/mol. The fourth-order valence-corrected chi connectivity index (χ4v) is 3.06. The summed E-state index contributed by atoms with van der Waals surface area (Å²) in [5.41, 5.74) is 1.44. The Bertz CT molecular complexity index is 1300. The number of hydrogen-bond acceptors (Lipinski definition) is 12. The average molecular weight is 1130 g/mol. The van der Waals surface area contributed by atoms with Gasteiger partial charge in [0.2, 0.25) is 0 Å². The van der Waals surface area contributed by atoms with Crippen molar-refractivity contribution >= 4 is 0 Å². The van der Waals surface area contributed by atoms with E-state index in [-0.39, 0.29) is 165 Å². The minimum absolute atomic E-state index is 0. The molecule has 2 radical (unpaired) electrons. The molecule has 0 heterocycles. The van der Waals surface area contributed by atoms with Gasteiger partial charge in [-0.25, -0.2) is 0 Å². The molecule has 0 bridgehead atoms. The van der Waals surface area contributed by atoms with Crippen molar-refractivity contribution in [3.8, 4) is 0 Å². The van der Waals surface area contributed by atoms with E-state index in [0.717, 1.165) is 0 Å². The molecule has 0 saturated carbocycles. The maximum atomic E-state index is 9.95. The third-order valence-corrected chi connectivity index (χ3v) is 5.39. The van der Waals surface area contributed by atoms with Crippen LogP contribution >= 0.6 is 0 Å². The van der Waals surface area contributed by atoms with Crippen molar-refractivity contribution in [1.82, 2.24) is 0 Å². The largest absolute Gasteiger partial charge is 3.00 e. The normalized spacial score (nSPS) is 13.8. The molecule has 0 fully saturated rings. The Morgan fingerprint density at radius 1 is 0.208 bits per heavy atom. The van der Waals surface area contributed by atoms with Gasteiger partial charge in [-0.15, -0.1) is 0 Å². The van der Waals surface area contributed by atoms with Crippen LogP contribution in [0, 0.1) is 79.9 Å². The summed E-state index contributed by atoms with van der Waals surface area (Å²) in [6.07, 6.45) is 37.8. The SMILES string of the molecule is [Fe+2].[Fe+2].[Fe+2].[Gd+3].[Gd+3].[O-]C([O-])=C1C=CC=C1.[O-]C([O-])=C1C=CC=C1.[O-]C([O-])=C1C=CC=C1.[O-]C([O-])=C1C=CC=C1.[O-]C([O-])=C1C=CC=C1.[O-]C([O-])=C1C=CC=C1. The van der Waals surface area contributed by atoms with Crippen LogP contribution in [0.3, 0.4) is 0 Å². The van der Waals surface area contributed by atoms with Crippen LogP contribution in [0.4, 0.5) is 0 Å². The smallest absolute Gasteiger partial charge is 0.884 e. The van der Waals surface area contributed by atoms with Crippen molar-refractivity contribution in [3.05, 3.63) is 215 Å². The first-order chi connectivity index (χ1) is 22.8. The molecule has 0 N–H and O–H groups in total. The maximum Gasteiger partial charge on any atom is 3.00 e. The van der Waals surface area contributed by atoms with Gasteiger partial charge >= 0.3 is 131 Å². The van der Waals surface area contributed by atoms with Crippen molar-refractivity contribution < 1.29 is 192 Å². The molecule has 0 unspecified atom stereocenters. The van der Waals surface area contributed by atoms with E-state index in [1.807, 2.05) is 0 Å². The first kappa shape index (κ1) is 59.4. The molecule has 6 rings (SSSR count). The first-order valence-electron chi connectivity index (χ1n) is 13.4. The van der Waals surface area contributed by atoms with Gasteiger partial charge in [0.25, 0.3) is 0 Å². The Hall–Kier alpha value is -2.87. The first-order valence-corrected chi connectivity index (χ1v) is 13.4. The minimum Gasteiger partial charge on any atom is -0.884 e. The van der Waals surface area contributed by atoms with Gasteiger partial charge < -0.3 is 61.3 Å². The predicted octanol–water partition coefficient (Wildman–Crippen LogP) is -5.74. The van der Waals surface area contributed by atoms with Crippen LogP contribution in [0.5, 0.6) is 0 Å². The summed E-state index contributed by atoms with van der Waals surface area (Å²) in [6, 6.07) is 0. The van der Waals surface area contributed by atoms with Gasteiger partial charge in [0.15, 0.2) is 0 Å². The average Bonchev–Trinajstić information content (AvgIpc) is 3.91. The molecule has 17 heteroatoms. The Labute approximate surface area is 402 Å². The quantitative estimate of drug-likeness (QED) is 0.162. The number of allylic oxidation sites excluding steroid dienone is 30. The van der Waals surface area contributed by atoms with Crippen molar-refractivity contribution in [2.24, 2.45) is 0 Å². The molecule has 6 aliphatic rings. The van der Waals surface area contributed by atoms with Gasteiger partial charge in [-0.3, -0.25) is 0 Å². The molecule has 0 atom stereocenters. The molecule has 0 amide bonds. The van der Waals surface area contributed by atoms with E-state index in [9.17, 15) is 61.3 Å². The zero-order valence-electron chi connectivity index (χ0n) is 26.5. The molecule has 0 aromatic heterocycles. The third kappa shape index (κ3) is 27.4. The van der Waals surface area contributed by atoms with Gasteiger partial charge in [0.05, 0.1) is 0 Å². The van der Waals surface area contributed by atoms with E-state index in [1.54, 1.807) is 72.9 Å². The number of hydrogen-bond donors (Lipinski definition) is 0. The van der Waals surface area contributed by atoms with E-state index in [4.69, 9.17) is 0 Å². The van der Waals surface area contributed by atoms with Crippen molar-refractivity contribution in [2.45, 2.75) is 0 Å². The zero-order valence-corrected chi connectivity index (χ0v) is 34.4. The Kier molecular flexibility index (Phi) is 39.1. The van der Waals surface area contributed by atoms with E-state index in [1.165, 1.54) is 72.9 Å². The van der Waals surface area contributed by atoms with Crippen molar-refractivity contribution in [2.75, 3.05) is 0 Å². The molecule has 0 spiro atoms. The van der Waals surface area contributed by atoms with Crippen LogP contribution in [0.25, 0.3) is 0 Å². The molecule has 53 heavy (non-hydrogen) atoms. The Morgan fingerprint density at radius 2 is 0.283 bits per heavy atom. The van der Waals surface area contributed by atoms with E-state index in [2.05, 4.69) is 0 Å². The van der Waals surface area contributed by atoms with E-state index >= 15 is 0 Å². The summed E-state index contributed by atoms with van der Waals surface area (Å²) in [7, 11) is 0. The molecular formula is C36H24Fe3Gd2O12. The van der Waals surface area contributed by atoms with Gasteiger partial charge in [0, 0.05) is 0 Å². The molecule has 6 aliphatic carbocycles. The maximum absolute atomic E-state index is 9.95. The standard InChI is InChI=1S/6C6H6O2.3Fe.2Gd/c6*7-6(8)5-3-1-2-4-5;;;;;/h6*1-4,7-8H;;;;;/q;;;;;;3*+2;2*+3/p-12. The van der Waals surface area contributed by atoms with E-state index in [0.29, 0.717) is 0 Å². The Morgan fingerprint density at radius 3 is 0.321 bits per heavy atom.